The maximum absolute atomic E-state index is 11.8. The van der Waals surface area contributed by atoms with E-state index in [1.165, 1.54) is 0 Å². The third-order valence-electron chi connectivity index (χ3n) is 3.07. The number of primary amides is 1. The van der Waals surface area contributed by atoms with Crippen LogP contribution in [0.3, 0.4) is 0 Å². The number of nitrogens with one attached hydrogen (secondary N) is 2. The van der Waals surface area contributed by atoms with E-state index in [0.717, 1.165) is 16.8 Å². The second kappa shape index (κ2) is 7.84. The van der Waals surface area contributed by atoms with Crippen molar-refractivity contribution in [2.24, 2.45) is 5.73 Å². The quantitative estimate of drug-likeness (QED) is 0.763. The lowest BCUT2D eigenvalue weighted by Crippen LogP contribution is -2.28. The monoisotopic (exact) mass is 313 g/mol. The van der Waals surface area contributed by atoms with E-state index in [0.29, 0.717) is 12.3 Å². The third-order valence-corrected chi connectivity index (χ3v) is 3.07. The average molecular weight is 313 g/mol. The fraction of sp³-hybridized carbons (Fsp3) is 0.176. The molecule has 0 heterocycles. The first-order valence-electron chi connectivity index (χ1n) is 7.14. The molecule has 0 radical (unpaired) electrons. The lowest BCUT2D eigenvalue weighted by atomic mass is 10.2. The number of ether oxygens (including phenoxy) is 1. The minimum absolute atomic E-state index is 0.156. The number of benzene rings is 2. The molecule has 0 bridgehead atoms. The molecular weight excluding hydrogens is 294 g/mol. The molecule has 4 N–H and O–H groups in total. The summed E-state index contributed by atoms with van der Waals surface area (Å²) in [5.41, 5.74) is 7.79. The summed E-state index contributed by atoms with van der Waals surface area (Å²) in [4.78, 5) is 22.4. The van der Waals surface area contributed by atoms with Gasteiger partial charge in [-0.15, -0.1) is 0 Å². The minimum atomic E-state index is -0.525. The van der Waals surface area contributed by atoms with Crippen LogP contribution in [0.25, 0.3) is 0 Å². The lowest BCUT2D eigenvalue weighted by molar-refractivity contribution is -0.119. The van der Waals surface area contributed by atoms with Crippen LogP contribution in [0.1, 0.15) is 11.1 Å². The Hall–Kier alpha value is -3.02. The van der Waals surface area contributed by atoms with Gasteiger partial charge in [-0.3, -0.25) is 4.79 Å². The van der Waals surface area contributed by atoms with Crippen LogP contribution < -0.4 is 21.1 Å². The predicted molar refractivity (Wildman–Crippen MR) is 88.2 cm³/mol. The van der Waals surface area contributed by atoms with Gasteiger partial charge in [-0.1, -0.05) is 29.8 Å². The number of hydrogen-bond donors (Lipinski definition) is 3. The molecule has 0 atom stereocenters. The number of urea groups is 1. The molecule has 2 aromatic rings. The number of carbonyl (C=O) groups excluding carboxylic acids is 2. The largest absolute Gasteiger partial charge is 0.484 e. The number of anilines is 1. The van der Waals surface area contributed by atoms with E-state index in [1.807, 2.05) is 43.3 Å². The molecule has 2 rings (SSSR count). The smallest absolute Gasteiger partial charge is 0.319 e. The van der Waals surface area contributed by atoms with Crippen molar-refractivity contribution in [2.75, 3.05) is 11.9 Å². The van der Waals surface area contributed by atoms with Crippen molar-refractivity contribution in [3.05, 3.63) is 59.7 Å². The highest BCUT2D eigenvalue weighted by Gasteiger charge is 2.02. The molecule has 0 unspecified atom stereocenters. The number of carbonyl (C=O) groups is 2. The van der Waals surface area contributed by atoms with Crippen LogP contribution in [-0.4, -0.2) is 18.5 Å². The fourth-order valence-corrected chi connectivity index (χ4v) is 1.85. The molecule has 6 nitrogen and oxygen atoms in total. The van der Waals surface area contributed by atoms with Crippen molar-refractivity contribution in [3.8, 4) is 5.75 Å². The first-order valence-corrected chi connectivity index (χ1v) is 7.14. The van der Waals surface area contributed by atoms with Gasteiger partial charge in [0, 0.05) is 12.2 Å². The molecule has 6 heteroatoms. The van der Waals surface area contributed by atoms with E-state index in [-0.39, 0.29) is 12.6 Å². The van der Waals surface area contributed by atoms with Gasteiger partial charge >= 0.3 is 6.03 Å². The van der Waals surface area contributed by atoms with E-state index < -0.39 is 5.91 Å². The summed E-state index contributed by atoms with van der Waals surface area (Å²) in [5.74, 6) is 0.0279. The van der Waals surface area contributed by atoms with Gasteiger partial charge in [-0.25, -0.2) is 4.79 Å². The Morgan fingerprint density at radius 1 is 1.04 bits per heavy atom. The number of rotatable bonds is 6. The number of aryl methyl sites for hydroxylation is 1. The molecule has 23 heavy (non-hydrogen) atoms. The maximum Gasteiger partial charge on any atom is 0.319 e. The highest BCUT2D eigenvalue weighted by atomic mass is 16.5. The van der Waals surface area contributed by atoms with Crippen molar-refractivity contribution in [1.82, 2.24) is 5.32 Å². The van der Waals surface area contributed by atoms with Gasteiger partial charge in [0.1, 0.15) is 5.75 Å². The van der Waals surface area contributed by atoms with Crippen molar-refractivity contribution in [3.63, 3.8) is 0 Å². The van der Waals surface area contributed by atoms with Gasteiger partial charge in [0.05, 0.1) is 0 Å². The Kier molecular flexibility index (Phi) is 5.57. The van der Waals surface area contributed by atoms with Gasteiger partial charge in [0.25, 0.3) is 5.91 Å². The van der Waals surface area contributed by atoms with E-state index >= 15 is 0 Å². The molecule has 2 aromatic carbocycles. The Bertz CT molecular complexity index is 666. The number of hydrogen-bond acceptors (Lipinski definition) is 3. The predicted octanol–water partition coefficient (Wildman–Crippen LogP) is 2.18. The molecule has 0 saturated heterocycles. The molecule has 0 aliphatic rings. The third kappa shape index (κ3) is 5.70. The average Bonchev–Trinajstić information content (AvgIpc) is 2.54. The number of amides is 3. The molecule has 0 aliphatic heterocycles. The molecule has 3 amide bonds. The highest BCUT2D eigenvalue weighted by molar-refractivity contribution is 5.89. The molecular formula is C17H19N3O3. The SMILES string of the molecule is Cc1ccc(NC(=O)NCc2ccc(OCC(N)=O)cc2)cc1. The zero-order valence-electron chi connectivity index (χ0n) is 12.8. The molecule has 0 aromatic heterocycles. The van der Waals surface area contributed by atoms with Gasteiger partial charge in [-0.05, 0) is 36.8 Å². The molecule has 0 fully saturated rings. The summed E-state index contributed by atoms with van der Waals surface area (Å²) in [6.45, 7) is 2.21. The zero-order chi connectivity index (χ0) is 16.7. The van der Waals surface area contributed by atoms with Crippen LogP contribution in [0.2, 0.25) is 0 Å². The van der Waals surface area contributed by atoms with Crippen LogP contribution >= 0.6 is 0 Å². The van der Waals surface area contributed by atoms with E-state index in [9.17, 15) is 9.59 Å². The second-order valence-corrected chi connectivity index (χ2v) is 5.07. The Morgan fingerprint density at radius 3 is 2.30 bits per heavy atom. The molecule has 120 valence electrons. The van der Waals surface area contributed by atoms with Gasteiger partial charge in [-0.2, -0.15) is 0 Å². The lowest BCUT2D eigenvalue weighted by Gasteiger charge is -2.09. The highest BCUT2D eigenvalue weighted by Crippen LogP contribution is 2.12. The standard InChI is InChI=1S/C17H19N3O3/c1-12-2-6-14(7-3-12)20-17(22)19-10-13-4-8-15(9-5-13)23-11-16(18)21/h2-9H,10-11H2,1H3,(H2,18,21)(H2,19,20,22). The molecule has 0 saturated carbocycles. The van der Waals surface area contributed by atoms with Gasteiger partial charge in [0.2, 0.25) is 0 Å². The Balaban J connectivity index is 1.79. The second-order valence-electron chi connectivity index (χ2n) is 5.07. The summed E-state index contributed by atoms with van der Waals surface area (Å²) in [6, 6.07) is 14.3. The summed E-state index contributed by atoms with van der Waals surface area (Å²) in [6.07, 6.45) is 0. The first kappa shape index (κ1) is 16.4. The topological polar surface area (TPSA) is 93.4 Å². The summed E-state index contributed by atoms with van der Waals surface area (Å²) >= 11 is 0. The van der Waals surface area contributed by atoms with Crippen LogP contribution in [0.4, 0.5) is 10.5 Å². The van der Waals surface area contributed by atoms with Crippen LogP contribution in [-0.2, 0) is 11.3 Å². The zero-order valence-corrected chi connectivity index (χ0v) is 12.8. The maximum atomic E-state index is 11.8. The van der Waals surface area contributed by atoms with Crippen molar-refractivity contribution >= 4 is 17.6 Å². The van der Waals surface area contributed by atoms with E-state index in [1.54, 1.807) is 12.1 Å². The van der Waals surface area contributed by atoms with E-state index in [2.05, 4.69) is 10.6 Å². The molecule has 0 aliphatic carbocycles. The van der Waals surface area contributed by atoms with E-state index in [4.69, 9.17) is 10.5 Å². The van der Waals surface area contributed by atoms with Crippen LogP contribution in [0, 0.1) is 6.92 Å². The fourth-order valence-electron chi connectivity index (χ4n) is 1.85. The van der Waals surface area contributed by atoms with Crippen molar-refractivity contribution in [1.29, 1.82) is 0 Å². The Labute approximate surface area is 134 Å². The van der Waals surface area contributed by atoms with Gasteiger partial charge in [0.15, 0.2) is 6.61 Å². The van der Waals surface area contributed by atoms with Crippen LogP contribution in [0.15, 0.2) is 48.5 Å². The molecule has 0 spiro atoms. The Morgan fingerprint density at radius 2 is 1.70 bits per heavy atom. The summed E-state index contributed by atoms with van der Waals surface area (Å²) < 4.78 is 5.16. The van der Waals surface area contributed by atoms with Crippen molar-refractivity contribution in [2.45, 2.75) is 13.5 Å². The normalized spacial score (nSPS) is 9.96. The van der Waals surface area contributed by atoms with Gasteiger partial charge < -0.3 is 21.1 Å². The van der Waals surface area contributed by atoms with Crippen LogP contribution in [0.5, 0.6) is 5.75 Å². The summed E-state index contributed by atoms with van der Waals surface area (Å²) in [5, 5.41) is 5.52. The number of nitrogens with two attached hydrogens (primary N) is 1. The first-order chi connectivity index (χ1) is 11.0. The minimum Gasteiger partial charge on any atom is -0.484 e. The van der Waals surface area contributed by atoms with Crippen molar-refractivity contribution < 1.29 is 14.3 Å². The summed E-state index contributed by atoms with van der Waals surface area (Å²) in [7, 11) is 0.